The van der Waals surface area contributed by atoms with E-state index in [9.17, 15) is 39.3 Å². The molecule has 0 saturated carbocycles. The van der Waals surface area contributed by atoms with E-state index in [0.717, 1.165) is 32.4 Å². The molecule has 0 fully saturated rings. The third-order valence-corrected chi connectivity index (χ3v) is 8.80. The summed E-state index contributed by atoms with van der Waals surface area (Å²) in [6.07, 6.45) is 4.45. The number of carbonyl (C=O) groups excluding carboxylic acids is 4. The lowest BCUT2D eigenvalue weighted by atomic mass is 9.74. The van der Waals surface area contributed by atoms with Crippen LogP contribution in [-0.2, 0) is 23.0 Å². The topological polar surface area (TPSA) is 171 Å². The number of Topliss-reactive ketones (excluding diaryl/α,β-unsaturated/α-hetero) is 3. The van der Waals surface area contributed by atoms with E-state index in [2.05, 4.69) is 11.9 Å². The van der Waals surface area contributed by atoms with E-state index in [-0.39, 0.29) is 23.8 Å². The lowest BCUT2D eigenvalue weighted by molar-refractivity contribution is 0.0790. The number of phenols is 3. The Morgan fingerprint density at radius 2 is 1.61 bits per heavy atom. The highest BCUT2D eigenvalue weighted by Gasteiger charge is 2.62. The molecule has 1 atom stereocenters. The molecule has 1 spiro atoms. The van der Waals surface area contributed by atoms with Crippen LogP contribution in [0.15, 0.2) is 22.7 Å². The summed E-state index contributed by atoms with van der Waals surface area (Å²) in [5, 5.41) is 34.3. The standard InChI is InChI=1S/C30H26BNO9/c1-3-4-5-6-11-9-13-16(29(40)32-11)26(37)21-12(22(13)31)7-8-30(21)27(38)19-20(28(30)39)25(36)18-17(24(19)35)14(33)10-15(41-2)23(18)34/h9-10,35-37H,3-8,31H2,1-2H3,(H,32,40). The Balaban J connectivity index is 1.59. The number of ether oxygens (including phenoxy) is 1. The highest BCUT2D eigenvalue weighted by molar-refractivity contribution is 6.43. The lowest BCUT2D eigenvalue weighted by Crippen LogP contribution is -2.36. The van der Waals surface area contributed by atoms with Crippen molar-refractivity contribution in [3.63, 3.8) is 0 Å². The SMILES string of the molecule is Bc1c2c(c(O)c3c(=O)[nH]c(CCCCC)cc13)C1(CC2)C(=O)c2c(O)c3c(c(O)c2C1=O)C(=O)C(OC)=CC3=O. The number of benzene rings is 2. The van der Waals surface area contributed by atoms with Gasteiger partial charge in [0.15, 0.2) is 23.1 Å². The highest BCUT2D eigenvalue weighted by atomic mass is 16.5. The van der Waals surface area contributed by atoms with Gasteiger partial charge in [-0.05, 0) is 42.7 Å². The van der Waals surface area contributed by atoms with Gasteiger partial charge in [-0.2, -0.15) is 0 Å². The predicted octanol–water partition coefficient (Wildman–Crippen LogP) is 1.81. The molecule has 6 rings (SSSR count). The number of hydrogen-bond donors (Lipinski definition) is 4. The average Bonchev–Trinajstić information content (AvgIpc) is 3.45. The zero-order valence-corrected chi connectivity index (χ0v) is 22.7. The van der Waals surface area contributed by atoms with Crippen molar-refractivity contribution in [2.24, 2.45) is 0 Å². The summed E-state index contributed by atoms with van der Waals surface area (Å²) < 4.78 is 4.93. The van der Waals surface area contributed by atoms with E-state index in [1.807, 2.05) is 6.07 Å². The Bertz CT molecular complexity index is 1880. The second-order valence-electron chi connectivity index (χ2n) is 10.9. The average molecular weight is 555 g/mol. The molecular formula is C30H26BNO9. The Morgan fingerprint density at radius 1 is 0.951 bits per heavy atom. The van der Waals surface area contributed by atoms with Crippen LogP contribution in [0.4, 0.5) is 0 Å². The van der Waals surface area contributed by atoms with Crippen molar-refractivity contribution < 1.29 is 39.2 Å². The van der Waals surface area contributed by atoms with Crippen molar-refractivity contribution in [1.82, 2.24) is 4.98 Å². The summed E-state index contributed by atoms with van der Waals surface area (Å²) in [5.41, 5.74) is -3.23. The summed E-state index contributed by atoms with van der Waals surface area (Å²) >= 11 is 0. The molecule has 11 heteroatoms. The zero-order valence-electron chi connectivity index (χ0n) is 22.7. The molecule has 1 unspecified atom stereocenters. The fourth-order valence-corrected chi connectivity index (χ4v) is 6.81. The van der Waals surface area contributed by atoms with Crippen molar-refractivity contribution in [2.45, 2.75) is 50.9 Å². The number of methoxy groups -OCH3 is 1. The van der Waals surface area contributed by atoms with E-state index < -0.39 is 79.4 Å². The quantitative estimate of drug-likeness (QED) is 0.159. The smallest absolute Gasteiger partial charge is 0.259 e. The number of pyridine rings is 1. The Kier molecular flexibility index (Phi) is 5.78. The van der Waals surface area contributed by atoms with Crippen LogP contribution in [0.3, 0.4) is 0 Å². The van der Waals surface area contributed by atoms with Crippen LogP contribution in [0.25, 0.3) is 10.8 Å². The number of aromatic amines is 1. The van der Waals surface area contributed by atoms with Crippen LogP contribution < -0.4 is 11.0 Å². The molecule has 0 bridgehead atoms. The number of H-pyrrole nitrogens is 1. The van der Waals surface area contributed by atoms with Crippen LogP contribution in [0.2, 0.25) is 0 Å². The summed E-state index contributed by atoms with van der Waals surface area (Å²) in [6.45, 7) is 2.08. The minimum absolute atomic E-state index is 0.0527. The monoisotopic (exact) mass is 555 g/mol. The van der Waals surface area contributed by atoms with Gasteiger partial charge < -0.3 is 25.0 Å². The van der Waals surface area contributed by atoms with E-state index >= 15 is 0 Å². The van der Waals surface area contributed by atoms with Crippen LogP contribution in [0.1, 0.15) is 90.9 Å². The predicted molar refractivity (Wildman–Crippen MR) is 150 cm³/mol. The number of aromatic hydroxyl groups is 3. The Labute approximate surface area is 234 Å². The number of nitrogens with one attached hydrogen (secondary N) is 1. The molecule has 1 heterocycles. The fourth-order valence-electron chi connectivity index (χ4n) is 6.81. The van der Waals surface area contributed by atoms with Crippen molar-refractivity contribution in [1.29, 1.82) is 0 Å². The first-order valence-corrected chi connectivity index (χ1v) is 13.5. The molecule has 2 aromatic carbocycles. The van der Waals surface area contributed by atoms with Gasteiger partial charge in [0.25, 0.3) is 5.56 Å². The van der Waals surface area contributed by atoms with Gasteiger partial charge in [0.05, 0.1) is 34.7 Å². The molecule has 3 aliphatic rings. The van der Waals surface area contributed by atoms with Crippen molar-refractivity contribution in [2.75, 3.05) is 7.11 Å². The molecule has 1 aromatic heterocycles. The van der Waals surface area contributed by atoms with E-state index in [1.54, 1.807) is 7.85 Å². The lowest BCUT2D eigenvalue weighted by Gasteiger charge is -2.23. The third-order valence-electron chi connectivity index (χ3n) is 8.80. The first-order valence-electron chi connectivity index (χ1n) is 13.5. The number of phenolic OH excluding ortho intramolecular Hbond substituents is 3. The molecule has 0 aliphatic heterocycles. The van der Waals surface area contributed by atoms with Gasteiger partial charge in [0, 0.05) is 17.3 Å². The molecule has 4 N–H and O–H groups in total. The fraction of sp³-hybridized carbons (Fsp3) is 0.300. The first-order chi connectivity index (χ1) is 19.5. The molecule has 0 saturated heterocycles. The van der Waals surface area contributed by atoms with Gasteiger partial charge in [-0.25, -0.2) is 0 Å². The summed E-state index contributed by atoms with van der Waals surface area (Å²) in [6, 6.07) is 1.81. The maximum absolute atomic E-state index is 14.1. The first kappa shape index (κ1) is 26.6. The molecular weight excluding hydrogens is 529 g/mol. The van der Waals surface area contributed by atoms with Crippen LogP contribution in [0.5, 0.6) is 17.2 Å². The zero-order chi connectivity index (χ0) is 29.5. The largest absolute Gasteiger partial charge is 0.507 e. The van der Waals surface area contributed by atoms with Gasteiger partial charge in [0.2, 0.25) is 5.78 Å². The number of fused-ring (bicyclic) bond motifs is 5. The third kappa shape index (κ3) is 3.23. The van der Waals surface area contributed by atoms with Crippen molar-refractivity contribution in [3.8, 4) is 17.2 Å². The molecule has 41 heavy (non-hydrogen) atoms. The molecule has 208 valence electrons. The Hall–Kier alpha value is -4.67. The van der Waals surface area contributed by atoms with Crippen LogP contribution in [-0.4, -0.2) is 58.4 Å². The van der Waals surface area contributed by atoms with Crippen LogP contribution in [0, 0.1) is 0 Å². The molecule has 0 radical (unpaired) electrons. The van der Waals surface area contributed by atoms with Gasteiger partial charge in [-0.15, -0.1) is 0 Å². The maximum atomic E-state index is 14.1. The normalized spacial score (nSPS) is 19.1. The number of unbranched alkanes of at least 4 members (excludes halogenated alkanes) is 2. The van der Waals surface area contributed by atoms with E-state index in [4.69, 9.17) is 4.74 Å². The second-order valence-corrected chi connectivity index (χ2v) is 10.9. The van der Waals surface area contributed by atoms with Gasteiger partial charge in [-0.3, -0.25) is 24.0 Å². The minimum Gasteiger partial charge on any atom is -0.507 e. The van der Waals surface area contributed by atoms with Gasteiger partial charge in [-0.1, -0.05) is 25.2 Å². The number of hydrogen-bond acceptors (Lipinski definition) is 9. The number of allylic oxidation sites excluding steroid dienone is 2. The number of carbonyl (C=O) groups is 4. The second kappa shape index (κ2) is 8.92. The summed E-state index contributed by atoms with van der Waals surface area (Å²) in [7, 11) is 2.91. The van der Waals surface area contributed by atoms with Crippen LogP contribution >= 0.6 is 0 Å². The van der Waals surface area contributed by atoms with E-state index in [0.29, 0.717) is 28.5 Å². The molecule has 10 nitrogen and oxygen atoms in total. The number of aryl methyl sites for hydroxylation is 1. The summed E-state index contributed by atoms with van der Waals surface area (Å²) in [5.74, 6) is -6.40. The number of rotatable bonds is 5. The Morgan fingerprint density at radius 3 is 2.24 bits per heavy atom. The van der Waals surface area contributed by atoms with Crippen molar-refractivity contribution in [3.05, 3.63) is 67.3 Å². The maximum Gasteiger partial charge on any atom is 0.259 e. The molecule has 0 amide bonds. The summed E-state index contributed by atoms with van der Waals surface area (Å²) in [4.78, 5) is 70.1. The molecule has 3 aliphatic carbocycles. The van der Waals surface area contributed by atoms with Gasteiger partial charge in [0.1, 0.15) is 30.5 Å². The highest BCUT2D eigenvalue weighted by Crippen LogP contribution is 2.57. The van der Waals surface area contributed by atoms with E-state index in [1.165, 1.54) is 0 Å². The van der Waals surface area contributed by atoms with Crippen molar-refractivity contribution >= 4 is 47.2 Å². The molecule has 3 aromatic rings. The minimum atomic E-state index is -2.06. The number of aromatic nitrogens is 1. The number of ketones is 4. The van der Waals surface area contributed by atoms with Gasteiger partial charge >= 0.3 is 0 Å².